The molecule has 0 saturated heterocycles. The van der Waals surface area contributed by atoms with Gasteiger partial charge in [-0.2, -0.15) is 11.8 Å². The normalized spacial score (nSPS) is 12.0. The van der Waals surface area contributed by atoms with E-state index in [2.05, 4.69) is 86.2 Å². The molecule has 0 spiro atoms. The van der Waals surface area contributed by atoms with Crippen molar-refractivity contribution in [1.29, 1.82) is 0 Å². The first-order valence-electron chi connectivity index (χ1n) is 17.7. The van der Waals surface area contributed by atoms with Crippen LogP contribution in [0.1, 0.15) is 165 Å². The van der Waals surface area contributed by atoms with Gasteiger partial charge in [0.15, 0.2) is 0 Å². The minimum Gasteiger partial charge on any atom is -0.508 e. The third-order valence-corrected chi connectivity index (χ3v) is 9.90. The lowest BCUT2D eigenvalue weighted by Gasteiger charge is -2.31. The molecule has 4 N–H and O–H groups in total. The number of aliphatic hydroxyl groups excluding tert-OH is 2. The Hall–Kier alpha value is -1.69. The molecule has 2 aromatic rings. The molecular formula is C40H68O4S. The summed E-state index contributed by atoms with van der Waals surface area (Å²) < 4.78 is 0. The van der Waals surface area contributed by atoms with Crippen LogP contribution in [-0.4, -0.2) is 45.1 Å². The van der Waals surface area contributed by atoms with E-state index in [0.717, 1.165) is 24.0 Å². The van der Waals surface area contributed by atoms with Gasteiger partial charge in [-0.15, -0.1) is 0 Å². The zero-order valence-corrected chi connectivity index (χ0v) is 31.2. The van der Waals surface area contributed by atoms with E-state index in [4.69, 9.17) is 10.2 Å². The number of phenols is 2. The Kier molecular flexibility index (Phi) is 19.5. The summed E-state index contributed by atoms with van der Waals surface area (Å²) in [7, 11) is 0. The Morgan fingerprint density at radius 2 is 0.956 bits per heavy atom. The average Bonchev–Trinajstić information content (AvgIpc) is 2.95. The minimum atomic E-state index is -0.139. The molecule has 0 aliphatic heterocycles. The summed E-state index contributed by atoms with van der Waals surface area (Å²) in [6.45, 7) is 19.5. The van der Waals surface area contributed by atoms with Gasteiger partial charge in [0.1, 0.15) is 11.5 Å². The smallest absolute Gasteiger partial charge is 0.119 e. The second kappa shape index (κ2) is 21.2. The van der Waals surface area contributed by atoms with E-state index in [9.17, 15) is 10.2 Å². The molecule has 0 heterocycles. The quantitative estimate of drug-likeness (QED) is 0.121. The maximum atomic E-state index is 10.8. The third kappa shape index (κ3) is 14.3. The van der Waals surface area contributed by atoms with Gasteiger partial charge in [-0.1, -0.05) is 118 Å². The van der Waals surface area contributed by atoms with E-state index in [1.807, 2.05) is 12.1 Å². The molecule has 0 amide bonds. The summed E-state index contributed by atoms with van der Waals surface area (Å²) in [6.07, 6.45) is 16.1. The predicted octanol–water partition coefficient (Wildman–Crippen LogP) is 10.8. The summed E-state index contributed by atoms with van der Waals surface area (Å²) in [6, 6.07) is 8.09. The lowest BCUT2D eigenvalue weighted by molar-refractivity contribution is 0.186. The second-order valence-corrected chi connectivity index (χ2v) is 16.0. The summed E-state index contributed by atoms with van der Waals surface area (Å²) in [5.41, 5.74) is 6.82. The second-order valence-electron chi connectivity index (χ2n) is 14.8. The third-order valence-electron chi connectivity index (χ3n) is 8.74. The Morgan fingerprint density at radius 3 is 1.33 bits per heavy atom. The van der Waals surface area contributed by atoms with Gasteiger partial charge in [0.05, 0.1) is 13.2 Å². The number of thioether (sulfide) groups is 1. The SMILES string of the molecule is CCCCCCCCCCCCSCCCC(c1ccc(O)c(C(C)(C)C)c1C)c1ccc(O)c(C(C)(C)C)c1C.OCCO. The topological polar surface area (TPSA) is 80.9 Å². The average molecular weight is 645 g/mol. The van der Waals surface area contributed by atoms with E-state index in [0.29, 0.717) is 11.5 Å². The summed E-state index contributed by atoms with van der Waals surface area (Å²) in [4.78, 5) is 0. The maximum Gasteiger partial charge on any atom is 0.119 e. The first-order chi connectivity index (χ1) is 21.2. The van der Waals surface area contributed by atoms with E-state index in [1.165, 1.54) is 98.0 Å². The largest absolute Gasteiger partial charge is 0.508 e. The lowest BCUT2D eigenvalue weighted by Crippen LogP contribution is -2.18. The van der Waals surface area contributed by atoms with Gasteiger partial charge < -0.3 is 20.4 Å². The molecule has 5 heteroatoms. The zero-order valence-electron chi connectivity index (χ0n) is 30.4. The van der Waals surface area contributed by atoms with Crippen LogP contribution in [0.15, 0.2) is 24.3 Å². The monoisotopic (exact) mass is 644 g/mol. The van der Waals surface area contributed by atoms with Crippen molar-refractivity contribution in [3.05, 3.63) is 57.6 Å². The summed E-state index contributed by atoms with van der Waals surface area (Å²) in [5, 5.41) is 36.9. The van der Waals surface area contributed by atoms with Crippen LogP contribution in [0, 0.1) is 13.8 Å². The number of aromatic hydroxyl groups is 2. The number of hydrogen-bond acceptors (Lipinski definition) is 5. The molecule has 0 bridgehead atoms. The Labute approximate surface area is 281 Å². The molecule has 2 aromatic carbocycles. The first-order valence-corrected chi connectivity index (χ1v) is 18.8. The molecule has 0 unspecified atom stereocenters. The fourth-order valence-electron chi connectivity index (χ4n) is 6.74. The fourth-order valence-corrected chi connectivity index (χ4v) is 7.72. The van der Waals surface area contributed by atoms with Crippen molar-refractivity contribution >= 4 is 11.8 Å². The number of aliphatic hydroxyl groups is 2. The Morgan fingerprint density at radius 1 is 0.578 bits per heavy atom. The van der Waals surface area contributed by atoms with Crippen molar-refractivity contribution in [3.8, 4) is 11.5 Å². The zero-order chi connectivity index (χ0) is 34.0. The number of phenolic OH excluding ortho intramolecular Hbond substituents is 2. The first kappa shape index (κ1) is 41.3. The molecule has 4 nitrogen and oxygen atoms in total. The van der Waals surface area contributed by atoms with Crippen molar-refractivity contribution in [1.82, 2.24) is 0 Å². The maximum absolute atomic E-state index is 10.8. The molecule has 0 saturated carbocycles. The predicted molar refractivity (Wildman–Crippen MR) is 198 cm³/mol. The highest BCUT2D eigenvalue weighted by Gasteiger charge is 2.29. The number of rotatable bonds is 18. The van der Waals surface area contributed by atoms with Crippen molar-refractivity contribution in [3.63, 3.8) is 0 Å². The molecule has 2 rings (SSSR count). The van der Waals surface area contributed by atoms with Gasteiger partial charge in [-0.25, -0.2) is 0 Å². The van der Waals surface area contributed by atoms with E-state index >= 15 is 0 Å². The highest BCUT2D eigenvalue weighted by atomic mass is 32.2. The molecule has 0 atom stereocenters. The van der Waals surface area contributed by atoms with Crippen LogP contribution in [0.25, 0.3) is 0 Å². The molecule has 45 heavy (non-hydrogen) atoms. The summed E-state index contributed by atoms with van der Waals surface area (Å²) in [5.74, 6) is 3.46. The van der Waals surface area contributed by atoms with Crippen LogP contribution in [0.2, 0.25) is 0 Å². The molecular weight excluding hydrogens is 577 g/mol. The van der Waals surface area contributed by atoms with Gasteiger partial charge in [-0.05, 0) is 89.8 Å². The van der Waals surface area contributed by atoms with Crippen LogP contribution in [0.4, 0.5) is 0 Å². The van der Waals surface area contributed by atoms with Crippen molar-refractivity contribution in [2.45, 2.75) is 156 Å². The highest BCUT2D eigenvalue weighted by molar-refractivity contribution is 7.99. The van der Waals surface area contributed by atoms with E-state index in [1.54, 1.807) is 0 Å². The van der Waals surface area contributed by atoms with Crippen molar-refractivity contribution < 1.29 is 20.4 Å². The molecule has 0 aromatic heterocycles. The van der Waals surface area contributed by atoms with Gasteiger partial charge in [-0.3, -0.25) is 0 Å². The van der Waals surface area contributed by atoms with Crippen molar-refractivity contribution in [2.24, 2.45) is 0 Å². The van der Waals surface area contributed by atoms with Crippen LogP contribution in [0.3, 0.4) is 0 Å². The van der Waals surface area contributed by atoms with Gasteiger partial charge in [0.2, 0.25) is 0 Å². The van der Waals surface area contributed by atoms with Crippen LogP contribution in [0.5, 0.6) is 11.5 Å². The van der Waals surface area contributed by atoms with E-state index < -0.39 is 0 Å². The van der Waals surface area contributed by atoms with Crippen LogP contribution in [-0.2, 0) is 10.8 Å². The van der Waals surface area contributed by atoms with Crippen LogP contribution >= 0.6 is 11.8 Å². The molecule has 0 aliphatic rings. The Balaban J connectivity index is 0.00000238. The Bertz CT molecular complexity index is 1030. The number of unbranched alkanes of at least 4 members (excludes halogenated alkanes) is 9. The standard InChI is InChI=1S/C38H62O2S.C2H6O2/c1-10-11-12-13-14-15-16-17-18-19-26-41-27-20-21-32(30-22-24-33(39)35(28(30)2)37(4,5)6)31-23-25-34(40)36(29(31)3)38(7,8)9;3-1-2-4/h22-25,32,39-40H,10-21,26-27H2,1-9H3;3-4H,1-2H2. The van der Waals surface area contributed by atoms with Gasteiger partial charge in [0.25, 0.3) is 0 Å². The number of hydrogen-bond donors (Lipinski definition) is 4. The van der Waals surface area contributed by atoms with Crippen molar-refractivity contribution in [2.75, 3.05) is 24.7 Å². The number of benzene rings is 2. The minimum absolute atomic E-state index is 0.125. The molecule has 0 fully saturated rings. The lowest BCUT2D eigenvalue weighted by atomic mass is 9.74. The molecule has 0 aliphatic carbocycles. The van der Waals surface area contributed by atoms with Gasteiger partial charge in [0, 0.05) is 17.0 Å². The molecule has 0 radical (unpaired) electrons. The van der Waals surface area contributed by atoms with E-state index in [-0.39, 0.29) is 30.0 Å². The summed E-state index contributed by atoms with van der Waals surface area (Å²) >= 11 is 2.11. The fraction of sp³-hybridized carbons (Fsp3) is 0.700. The molecule has 258 valence electrons. The van der Waals surface area contributed by atoms with Gasteiger partial charge >= 0.3 is 0 Å². The highest BCUT2D eigenvalue weighted by Crippen LogP contribution is 2.44. The van der Waals surface area contributed by atoms with Crippen LogP contribution < -0.4 is 0 Å².